The van der Waals surface area contributed by atoms with Crippen molar-refractivity contribution in [1.29, 1.82) is 0 Å². The maximum Gasteiger partial charge on any atom is 0.253 e. The number of likely N-dealkylation sites (tertiary alicyclic amines) is 1. The lowest BCUT2D eigenvalue weighted by molar-refractivity contribution is 0.0651. The molecule has 0 aliphatic carbocycles. The third kappa shape index (κ3) is 2.87. The topological polar surface area (TPSA) is 57.7 Å². The Kier molecular flexibility index (Phi) is 4.43. The monoisotopic (exact) mass is 342 g/mol. The number of sulfonamides is 1. The van der Waals surface area contributed by atoms with Gasteiger partial charge in [-0.1, -0.05) is 18.0 Å². The quantitative estimate of drug-likeness (QED) is 0.847. The molecule has 0 atom stereocenters. The fourth-order valence-electron chi connectivity index (χ4n) is 2.78. The van der Waals surface area contributed by atoms with E-state index in [0.717, 1.165) is 38.8 Å². The number of rotatable bonds is 3. The van der Waals surface area contributed by atoms with Gasteiger partial charge in [0.2, 0.25) is 10.0 Å². The first kappa shape index (κ1) is 15.8. The van der Waals surface area contributed by atoms with E-state index in [2.05, 4.69) is 0 Å². The Morgan fingerprint density at radius 3 is 2.27 bits per heavy atom. The molecule has 120 valence electrons. The van der Waals surface area contributed by atoms with E-state index in [-0.39, 0.29) is 15.8 Å². The van der Waals surface area contributed by atoms with E-state index >= 15 is 0 Å². The summed E-state index contributed by atoms with van der Waals surface area (Å²) in [6.45, 7) is 2.50. The second kappa shape index (κ2) is 6.18. The molecule has 2 heterocycles. The average molecular weight is 343 g/mol. The van der Waals surface area contributed by atoms with Crippen LogP contribution in [0.2, 0.25) is 5.02 Å². The first-order chi connectivity index (χ1) is 10.5. The van der Waals surface area contributed by atoms with Gasteiger partial charge in [-0.05, 0) is 37.5 Å². The number of nitrogens with zero attached hydrogens (tertiary/aromatic N) is 2. The molecule has 0 saturated carbocycles. The minimum absolute atomic E-state index is 0.0439. The highest BCUT2D eigenvalue weighted by atomic mass is 35.5. The van der Waals surface area contributed by atoms with Gasteiger partial charge in [-0.15, -0.1) is 0 Å². The Balaban J connectivity index is 1.93. The minimum atomic E-state index is -3.63. The van der Waals surface area contributed by atoms with Crippen molar-refractivity contribution < 1.29 is 13.2 Å². The number of carbonyl (C=O) groups is 1. The molecule has 5 nitrogen and oxygen atoms in total. The second-order valence-corrected chi connectivity index (χ2v) is 8.07. The third-order valence-electron chi connectivity index (χ3n) is 4.25. The van der Waals surface area contributed by atoms with Gasteiger partial charge in [-0.25, -0.2) is 8.42 Å². The third-order valence-corrected chi connectivity index (χ3v) is 6.63. The molecule has 1 aromatic carbocycles. The summed E-state index contributed by atoms with van der Waals surface area (Å²) >= 11 is 6.10. The smallest absolute Gasteiger partial charge is 0.253 e. The summed E-state index contributed by atoms with van der Waals surface area (Å²) in [5.74, 6) is -0.127. The van der Waals surface area contributed by atoms with Crippen molar-refractivity contribution in [3.63, 3.8) is 0 Å². The zero-order valence-corrected chi connectivity index (χ0v) is 13.9. The number of benzene rings is 1. The lowest BCUT2D eigenvalue weighted by Gasteiger charge is -2.31. The largest absolute Gasteiger partial charge is 0.339 e. The summed E-state index contributed by atoms with van der Waals surface area (Å²) in [5.41, 5.74) is 0.389. The van der Waals surface area contributed by atoms with Crippen molar-refractivity contribution in [2.75, 3.05) is 26.2 Å². The van der Waals surface area contributed by atoms with Crippen LogP contribution in [0.4, 0.5) is 0 Å². The number of amides is 1. The first-order valence-electron chi connectivity index (χ1n) is 7.59. The summed E-state index contributed by atoms with van der Waals surface area (Å²) in [6, 6.07) is 4.52. The van der Waals surface area contributed by atoms with Crippen LogP contribution >= 0.6 is 11.6 Å². The van der Waals surface area contributed by atoms with Crippen LogP contribution in [0.3, 0.4) is 0 Å². The minimum Gasteiger partial charge on any atom is -0.339 e. The summed E-state index contributed by atoms with van der Waals surface area (Å²) < 4.78 is 27.0. The van der Waals surface area contributed by atoms with Gasteiger partial charge < -0.3 is 4.90 Å². The molecule has 0 N–H and O–H groups in total. The van der Waals surface area contributed by atoms with Gasteiger partial charge in [0.25, 0.3) is 5.91 Å². The van der Waals surface area contributed by atoms with E-state index in [1.807, 2.05) is 0 Å². The number of hydrogen-bond acceptors (Lipinski definition) is 3. The maximum absolute atomic E-state index is 12.8. The van der Waals surface area contributed by atoms with Crippen molar-refractivity contribution in [2.45, 2.75) is 30.6 Å². The van der Waals surface area contributed by atoms with Crippen molar-refractivity contribution in [1.82, 2.24) is 9.21 Å². The van der Waals surface area contributed by atoms with Crippen molar-refractivity contribution in [2.24, 2.45) is 0 Å². The molecule has 2 aliphatic heterocycles. The van der Waals surface area contributed by atoms with Gasteiger partial charge in [0.1, 0.15) is 4.90 Å². The van der Waals surface area contributed by atoms with Crippen LogP contribution in [0.5, 0.6) is 0 Å². The fraction of sp³-hybridized carbons (Fsp3) is 0.533. The molecule has 2 aliphatic rings. The number of halogens is 1. The summed E-state index contributed by atoms with van der Waals surface area (Å²) in [6.07, 6.45) is 3.78. The van der Waals surface area contributed by atoms with E-state index < -0.39 is 10.0 Å². The molecule has 0 spiro atoms. The number of carbonyl (C=O) groups excluding carboxylic acids is 1. The molecule has 1 aromatic rings. The van der Waals surface area contributed by atoms with Gasteiger partial charge in [-0.3, -0.25) is 4.79 Å². The van der Waals surface area contributed by atoms with E-state index in [4.69, 9.17) is 11.6 Å². The first-order valence-corrected chi connectivity index (χ1v) is 9.41. The maximum atomic E-state index is 12.8. The van der Waals surface area contributed by atoms with Crippen LogP contribution in [-0.2, 0) is 10.0 Å². The Morgan fingerprint density at radius 1 is 1.00 bits per heavy atom. The van der Waals surface area contributed by atoms with Crippen LogP contribution in [0.1, 0.15) is 36.0 Å². The molecule has 0 unspecified atom stereocenters. The lowest BCUT2D eigenvalue weighted by atomic mass is 10.1. The Hall–Kier alpha value is -1.11. The van der Waals surface area contributed by atoms with Gasteiger partial charge in [0.05, 0.1) is 5.02 Å². The van der Waals surface area contributed by atoms with Gasteiger partial charge in [-0.2, -0.15) is 4.31 Å². The van der Waals surface area contributed by atoms with E-state index in [1.54, 1.807) is 11.0 Å². The molecule has 0 aromatic heterocycles. The zero-order valence-electron chi connectivity index (χ0n) is 12.3. The standard InChI is InChI=1S/C15H19ClN2O3S/c16-13-6-5-12(15(19)17-7-4-8-17)11-14(13)22(20,21)18-9-2-1-3-10-18/h5-6,11H,1-4,7-10H2. The highest BCUT2D eigenvalue weighted by molar-refractivity contribution is 7.89. The van der Waals surface area contributed by atoms with E-state index in [9.17, 15) is 13.2 Å². The van der Waals surface area contributed by atoms with Crippen molar-refractivity contribution in [3.05, 3.63) is 28.8 Å². The molecule has 2 saturated heterocycles. The van der Waals surface area contributed by atoms with E-state index in [0.29, 0.717) is 18.7 Å². The highest BCUT2D eigenvalue weighted by Crippen LogP contribution is 2.28. The molecule has 2 fully saturated rings. The molecular weight excluding hydrogens is 324 g/mol. The van der Waals surface area contributed by atoms with Crippen molar-refractivity contribution in [3.8, 4) is 0 Å². The van der Waals surface area contributed by atoms with E-state index in [1.165, 1.54) is 16.4 Å². The molecule has 3 rings (SSSR count). The van der Waals surface area contributed by atoms with Gasteiger partial charge in [0, 0.05) is 31.7 Å². The highest BCUT2D eigenvalue weighted by Gasteiger charge is 2.30. The van der Waals surface area contributed by atoms with Crippen LogP contribution in [0, 0.1) is 0 Å². The van der Waals surface area contributed by atoms with Crippen LogP contribution in [0.15, 0.2) is 23.1 Å². The van der Waals surface area contributed by atoms with Crippen LogP contribution in [0.25, 0.3) is 0 Å². The molecule has 1 amide bonds. The summed E-state index contributed by atoms with van der Waals surface area (Å²) in [4.78, 5) is 14.0. The number of piperidine rings is 1. The number of hydrogen-bond donors (Lipinski definition) is 0. The predicted molar refractivity (Wildman–Crippen MR) is 84.6 cm³/mol. The Labute approximate surface area is 135 Å². The molecule has 0 bridgehead atoms. The molecular formula is C15H19ClN2O3S. The summed E-state index contributed by atoms with van der Waals surface area (Å²) in [5, 5.41) is 0.172. The van der Waals surface area contributed by atoms with Gasteiger partial charge >= 0.3 is 0 Å². The van der Waals surface area contributed by atoms with Crippen LogP contribution in [-0.4, -0.2) is 49.7 Å². The SMILES string of the molecule is O=C(c1ccc(Cl)c(S(=O)(=O)N2CCCCC2)c1)N1CCC1. The van der Waals surface area contributed by atoms with Gasteiger partial charge in [0.15, 0.2) is 0 Å². The Morgan fingerprint density at radius 2 is 1.68 bits per heavy atom. The zero-order chi connectivity index (χ0) is 15.7. The Bertz CT molecular complexity index is 680. The summed E-state index contributed by atoms with van der Waals surface area (Å²) in [7, 11) is -3.63. The normalized spacial score (nSPS) is 19.8. The molecule has 22 heavy (non-hydrogen) atoms. The lowest BCUT2D eigenvalue weighted by Crippen LogP contribution is -2.42. The fourth-order valence-corrected chi connectivity index (χ4v) is 4.80. The molecule has 0 radical (unpaired) electrons. The molecule has 7 heteroatoms. The predicted octanol–water partition coefficient (Wildman–Crippen LogP) is 2.36. The van der Waals surface area contributed by atoms with Crippen LogP contribution < -0.4 is 0 Å². The van der Waals surface area contributed by atoms with Crippen molar-refractivity contribution >= 4 is 27.5 Å². The average Bonchev–Trinajstić information content (AvgIpc) is 2.46. The second-order valence-electron chi connectivity index (χ2n) is 5.76.